The van der Waals surface area contributed by atoms with Crippen molar-refractivity contribution < 1.29 is 9.84 Å². The molecule has 4 aromatic rings. The van der Waals surface area contributed by atoms with Gasteiger partial charge in [0.1, 0.15) is 29.2 Å². The molecular weight excluding hydrogens is 436 g/mol. The fourth-order valence-corrected chi connectivity index (χ4v) is 4.20. The minimum atomic E-state index is -0.985. The van der Waals surface area contributed by atoms with Crippen molar-refractivity contribution in [2.45, 2.75) is 32.3 Å². The van der Waals surface area contributed by atoms with E-state index in [1.165, 1.54) is 0 Å². The summed E-state index contributed by atoms with van der Waals surface area (Å²) in [6.07, 6.45) is 3.15. The number of nitrogens with zero attached hydrogens (tertiary/aromatic N) is 2. The molecular formula is C29H28N4O2. The van der Waals surface area contributed by atoms with E-state index in [-0.39, 0.29) is 0 Å². The van der Waals surface area contributed by atoms with Gasteiger partial charge in [0.05, 0.1) is 5.52 Å². The maximum Gasteiger partial charge on any atom is 0.141 e. The maximum atomic E-state index is 10.7. The third-order valence-corrected chi connectivity index (χ3v) is 6.09. The van der Waals surface area contributed by atoms with Gasteiger partial charge in [0.15, 0.2) is 0 Å². The molecule has 1 aliphatic heterocycles. The van der Waals surface area contributed by atoms with Crippen LogP contribution in [0.25, 0.3) is 10.9 Å². The molecule has 6 nitrogen and oxygen atoms in total. The highest BCUT2D eigenvalue weighted by molar-refractivity contribution is 5.91. The summed E-state index contributed by atoms with van der Waals surface area (Å²) in [5.41, 5.74) is 3.72. The molecule has 0 saturated carbocycles. The highest BCUT2D eigenvalue weighted by Gasteiger charge is 2.26. The van der Waals surface area contributed by atoms with Crippen molar-refractivity contribution in [2.75, 3.05) is 18.4 Å². The molecule has 35 heavy (non-hydrogen) atoms. The maximum absolute atomic E-state index is 10.7. The standard InChI is InChI=1S/C29H28N4O2/c1-20-5-3-6-24(15-20)35-27-10-8-23(16-21(27)2)33-28-25-17-22(7-9-26(25)31-19-32-28)11-13-29(34)12-4-14-30-18-29/h3,5-10,15-17,19,30,34H,4,12,14,18H2,1-2H3,(H,31,32,33). The minimum Gasteiger partial charge on any atom is -0.457 e. The number of anilines is 2. The smallest absolute Gasteiger partial charge is 0.141 e. The van der Waals surface area contributed by atoms with E-state index in [0.717, 1.165) is 57.7 Å². The van der Waals surface area contributed by atoms with Crippen molar-refractivity contribution >= 4 is 22.4 Å². The second kappa shape index (κ2) is 9.75. The molecule has 1 aromatic heterocycles. The van der Waals surface area contributed by atoms with Crippen molar-refractivity contribution in [3.63, 3.8) is 0 Å². The molecule has 1 atom stereocenters. The summed E-state index contributed by atoms with van der Waals surface area (Å²) >= 11 is 0. The summed E-state index contributed by atoms with van der Waals surface area (Å²) < 4.78 is 6.07. The van der Waals surface area contributed by atoms with Crippen molar-refractivity contribution in [1.82, 2.24) is 15.3 Å². The molecule has 1 saturated heterocycles. The number of aliphatic hydroxyl groups is 1. The second-order valence-corrected chi connectivity index (χ2v) is 9.04. The number of hydrogen-bond donors (Lipinski definition) is 3. The van der Waals surface area contributed by atoms with Crippen LogP contribution in [-0.4, -0.2) is 33.8 Å². The predicted octanol–water partition coefficient (Wildman–Crippen LogP) is 5.25. The van der Waals surface area contributed by atoms with Crippen molar-refractivity contribution in [3.8, 4) is 23.3 Å². The first-order chi connectivity index (χ1) is 17.0. The van der Waals surface area contributed by atoms with E-state index >= 15 is 0 Å². The molecule has 0 radical (unpaired) electrons. The minimum absolute atomic E-state index is 0.492. The average Bonchev–Trinajstić information content (AvgIpc) is 2.85. The van der Waals surface area contributed by atoms with Crippen LogP contribution in [-0.2, 0) is 0 Å². The third kappa shape index (κ3) is 5.43. The number of hydrogen-bond acceptors (Lipinski definition) is 6. The molecule has 5 rings (SSSR count). The summed E-state index contributed by atoms with van der Waals surface area (Å²) in [5, 5.41) is 18.2. The quantitative estimate of drug-likeness (QED) is 0.358. The molecule has 2 heterocycles. The van der Waals surface area contributed by atoms with E-state index in [2.05, 4.69) is 32.4 Å². The number of ether oxygens (including phenoxy) is 1. The zero-order valence-corrected chi connectivity index (χ0v) is 19.9. The van der Waals surface area contributed by atoms with Crippen molar-refractivity contribution in [1.29, 1.82) is 0 Å². The lowest BCUT2D eigenvalue weighted by atomic mass is 9.94. The Hall–Kier alpha value is -3.92. The first kappa shape index (κ1) is 22.9. The average molecular weight is 465 g/mol. The van der Waals surface area contributed by atoms with E-state index in [9.17, 15) is 5.11 Å². The molecule has 3 N–H and O–H groups in total. The van der Waals surface area contributed by atoms with Gasteiger partial charge in [0.25, 0.3) is 0 Å². The Bertz CT molecular complexity index is 1430. The lowest BCUT2D eigenvalue weighted by Gasteiger charge is -2.27. The van der Waals surface area contributed by atoms with E-state index in [1.54, 1.807) is 6.33 Å². The van der Waals surface area contributed by atoms with Crippen LogP contribution in [0.4, 0.5) is 11.5 Å². The van der Waals surface area contributed by atoms with Gasteiger partial charge in [-0.05, 0) is 92.9 Å². The highest BCUT2D eigenvalue weighted by Crippen LogP contribution is 2.30. The topological polar surface area (TPSA) is 79.3 Å². The summed E-state index contributed by atoms with van der Waals surface area (Å²) in [7, 11) is 0. The molecule has 6 heteroatoms. The highest BCUT2D eigenvalue weighted by atomic mass is 16.5. The normalized spacial score (nSPS) is 17.5. The van der Waals surface area contributed by atoms with Crippen LogP contribution in [0, 0.1) is 25.7 Å². The number of rotatable bonds is 4. The van der Waals surface area contributed by atoms with Gasteiger partial charge in [-0.15, -0.1) is 0 Å². The number of β-amino-alcohol motifs (C(OH)–C–C–N with tert-alkyl or cyclic N) is 1. The first-order valence-electron chi connectivity index (χ1n) is 11.8. The summed E-state index contributed by atoms with van der Waals surface area (Å²) in [6.45, 7) is 5.48. The number of aromatic nitrogens is 2. The SMILES string of the molecule is Cc1cccc(Oc2ccc(Nc3ncnc4ccc(C#CC5(O)CCCNC5)cc34)cc2C)c1. The Morgan fingerprint density at radius 2 is 1.97 bits per heavy atom. The largest absolute Gasteiger partial charge is 0.457 e. The summed E-state index contributed by atoms with van der Waals surface area (Å²) in [4.78, 5) is 8.87. The number of benzene rings is 3. The van der Waals surface area contributed by atoms with Gasteiger partial charge in [-0.2, -0.15) is 0 Å². The number of nitrogens with one attached hydrogen (secondary N) is 2. The van der Waals surface area contributed by atoms with Gasteiger partial charge in [-0.1, -0.05) is 24.0 Å². The fraction of sp³-hybridized carbons (Fsp3) is 0.241. The fourth-order valence-electron chi connectivity index (χ4n) is 4.20. The molecule has 1 unspecified atom stereocenters. The molecule has 0 spiro atoms. The van der Waals surface area contributed by atoms with E-state index in [1.807, 2.05) is 74.5 Å². The zero-order valence-electron chi connectivity index (χ0n) is 19.9. The lowest BCUT2D eigenvalue weighted by molar-refractivity contribution is 0.0736. The summed E-state index contributed by atoms with van der Waals surface area (Å²) in [6, 6.07) is 19.8. The number of fused-ring (bicyclic) bond motifs is 1. The lowest BCUT2D eigenvalue weighted by Crippen LogP contribution is -2.44. The number of piperidine rings is 1. The molecule has 1 aliphatic rings. The van der Waals surface area contributed by atoms with Gasteiger partial charge in [0.2, 0.25) is 0 Å². The monoisotopic (exact) mass is 464 g/mol. The predicted molar refractivity (Wildman–Crippen MR) is 139 cm³/mol. The Labute approximate surface area is 205 Å². The van der Waals surface area contributed by atoms with E-state index < -0.39 is 5.60 Å². The zero-order chi connectivity index (χ0) is 24.3. The van der Waals surface area contributed by atoms with Crippen molar-refractivity contribution in [2.24, 2.45) is 0 Å². The molecule has 0 aliphatic carbocycles. The van der Waals surface area contributed by atoms with Crippen LogP contribution in [0.2, 0.25) is 0 Å². The van der Waals surface area contributed by atoms with Crippen LogP contribution < -0.4 is 15.4 Å². The second-order valence-electron chi connectivity index (χ2n) is 9.04. The molecule has 0 bridgehead atoms. The Balaban J connectivity index is 1.39. The van der Waals surface area contributed by atoms with Crippen LogP contribution in [0.5, 0.6) is 11.5 Å². The molecule has 0 amide bonds. The van der Waals surface area contributed by atoms with Crippen LogP contribution in [0.1, 0.15) is 29.5 Å². The van der Waals surface area contributed by atoms with Crippen LogP contribution >= 0.6 is 0 Å². The van der Waals surface area contributed by atoms with Gasteiger partial charge in [-0.25, -0.2) is 9.97 Å². The summed E-state index contributed by atoms with van der Waals surface area (Å²) in [5.74, 6) is 8.52. The van der Waals surface area contributed by atoms with E-state index in [0.29, 0.717) is 18.8 Å². The first-order valence-corrected chi connectivity index (χ1v) is 11.8. The van der Waals surface area contributed by atoms with Crippen molar-refractivity contribution in [3.05, 3.63) is 83.7 Å². The molecule has 3 aromatic carbocycles. The Morgan fingerprint density at radius 1 is 1.06 bits per heavy atom. The Morgan fingerprint density at radius 3 is 2.77 bits per heavy atom. The molecule has 176 valence electrons. The van der Waals surface area contributed by atoms with Gasteiger partial charge >= 0.3 is 0 Å². The van der Waals surface area contributed by atoms with Gasteiger partial charge < -0.3 is 20.5 Å². The van der Waals surface area contributed by atoms with Gasteiger partial charge in [0, 0.05) is 23.2 Å². The Kier molecular flexibility index (Phi) is 6.37. The number of aryl methyl sites for hydroxylation is 2. The molecule has 1 fully saturated rings. The van der Waals surface area contributed by atoms with Gasteiger partial charge in [-0.3, -0.25) is 0 Å². The third-order valence-electron chi connectivity index (χ3n) is 6.09. The van der Waals surface area contributed by atoms with E-state index in [4.69, 9.17) is 4.74 Å². The van der Waals surface area contributed by atoms with Crippen LogP contribution in [0.3, 0.4) is 0 Å². The van der Waals surface area contributed by atoms with Crippen LogP contribution in [0.15, 0.2) is 67.0 Å².